The number of primary amides is 1. The van der Waals surface area contributed by atoms with Gasteiger partial charge >= 0.3 is 6.03 Å². The molecule has 0 bridgehead atoms. The van der Waals surface area contributed by atoms with Gasteiger partial charge in [0.2, 0.25) is 0 Å². The first-order valence-corrected chi connectivity index (χ1v) is 8.62. The highest BCUT2D eigenvalue weighted by atomic mass is 32.2. The van der Waals surface area contributed by atoms with Crippen LogP contribution in [0.4, 0.5) is 4.79 Å². The lowest BCUT2D eigenvalue weighted by Gasteiger charge is -2.50. The van der Waals surface area contributed by atoms with E-state index in [1.807, 2.05) is 4.90 Å². The molecule has 4 N–H and O–H groups in total. The Morgan fingerprint density at radius 2 is 2.15 bits per heavy atom. The predicted molar refractivity (Wildman–Crippen MR) is 82.1 cm³/mol. The summed E-state index contributed by atoms with van der Waals surface area (Å²) in [4.78, 5) is 13.9. The molecular weight excluding hydrogens is 272 g/mol. The van der Waals surface area contributed by atoms with E-state index < -0.39 is 0 Å². The number of hydrogen-bond acceptors (Lipinski definition) is 4. The van der Waals surface area contributed by atoms with Crippen molar-refractivity contribution in [3.8, 4) is 0 Å². The fourth-order valence-electron chi connectivity index (χ4n) is 3.73. The van der Waals surface area contributed by atoms with Gasteiger partial charge in [-0.05, 0) is 38.6 Å². The van der Waals surface area contributed by atoms with E-state index in [-0.39, 0.29) is 23.1 Å². The fraction of sp³-hybridized carbons (Fsp3) is 0.786. The van der Waals surface area contributed by atoms with E-state index >= 15 is 0 Å². The van der Waals surface area contributed by atoms with E-state index in [1.54, 1.807) is 11.8 Å². The minimum atomic E-state index is -0.324. The summed E-state index contributed by atoms with van der Waals surface area (Å²) in [5.41, 5.74) is 5.78. The van der Waals surface area contributed by atoms with Gasteiger partial charge in [-0.3, -0.25) is 15.5 Å². The van der Waals surface area contributed by atoms with Crippen molar-refractivity contribution < 1.29 is 4.79 Å². The van der Waals surface area contributed by atoms with E-state index in [4.69, 9.17) is 5.73 Å². The Labute approximate surface area is 124 Å². The number of nitrogens with two attached hydrogens (primary N) is 1. The molecule has 3 rings (SSSR count). The second kappa shape index (κ2) is 5.95. The van der Waals surface area contributed by atoms with Crippen LogP contribution in [0.1, 0.15) is 32.1 Å². The number of rotatable bonds is 2. The summed E-state index contributed by atoms with van der Waals surface area (Å²) in [5.74, 6) is 1.03. The first-order valence-electron chi connectivity index (χ1n) is 7.57. The largest absolute Gasteiger partial charge is 0.351 e. The molecule has 3 unspecified atom stereocenters. The van der Waals surface area contributed by atoms with Crippen LogP contribution in [-0.2, 0) is 0 Å². The van der Waals surface area contributed by atoms with Crippen molar-refractivity contribution >= 4 is 17.8 Å². The molecule has 6 heteroatoms. The molecule has 20 heavy (non-hydrogen) atoms. The lowest BCUT2D eigenvalue weighted by atomic mass is 9.71. The molecule has 0 radical (unpaired) electrons. The molecule has 0 aromatic heterocycles. The van der Waals surface area contributed by atoms with E-state index in [1.165, 1.54) is 12.8 Å². The van der Waals surface area contributed by atoms with Gasteiger partial charge in [-0.15, -0.1) is 11.8 Å². The zero-order valence-electron chi connectivity index (χ0n) is 11.8. The maximum Gasteiger partial charge on any atom is 0.318 e. The van der Waals surface area contributed by atoms with Gasteiger partial charge in [-0.1, -0.05) is 12.2 Å². The number of carbonyl (C=O) groups excluding carboxylic acids is 1. The average Bonchev–Trinajstić information content (AvgIpc) is 2.96. The van der Waals surface area contributed by atoms with Crippen LogP contribution >= 0.6 is 11.8 Å². The highest BCUT2D eigenvalue weighted by molar-refractivity contribution is 8.00. The number of hydrogen-bond donors (Lipinski definition) is 3. The summed E-state index contributed by atoms with van der Waals surface area (Å²) in [6.07, 6.45) is 10.4. The molecule has 0 aromatic rings. The number of nitrogens with zero attached hydrogens (tertiary/aromatic N) is 1. The summed E-state index contributed by atoms with van der Waals surface area (Å²) in [5, 5.41) is 6.94. The van der Waals surface area contributed by atoms with Gasteiger partial charge in [0.1, 0.15) is 5.50 Å². The zero-order chi connectivity index (χ0) is 14.0. The van der Waals surface area contributed by atoms with Gasteiger partial charge < -0.3 is 5.73 Å². The Balaban J connectivity index is 1.88. The molecular formula is C14H24N4OS. The lowest BCUT2D eigenvalue weighted by Crippen LogP contribution is -2.65. The summed E-state index contributed by atoms with van der Waals surface area (Å²) in [7, 11) is 0. The molecule has 2 amide bonds. The highest BCUT2D eigenvalue weighted by Crippen LogP contribution is 2.43. The minimum Gasteiger partial charge on any atom is -0.351 e. The van der Waals surface area contributed by atoms with Crippen LogP contribution < -0.4 is 16.4 Å². The predicted octanol–water partition coefficient (Wildman–Crippen LogP) is 1.42. The van der Waals surface area contributed by atoms with E-state index in [0.717, 1.165) is 38.1 Å². The molecule has 2 saturated heterocycles. The first kappa shape index (κ1) is 14.2. The summed E-state index contributed by atoms with van der Waals surface area (Å²) in [6.45, 7) is 1.90. The van der Waals surface area contributed by atoms with Crippen LogP contribution in [0, 0.1) is 5.41 Å². The minimum absolute atomic E-state index is 0.00954. The summed E-state index contributed by atoms with van der Waals surface area (Å²) < 4.78 is 0. The molecule has 0 saturated carbocycles. The van der Waals surface area contributed by atoms with Crippen molar-refractivity contribution in [1.29, 1.82) is 0 Å². The van der Waals surface area contributed by atoms with Crippen molar-refractivity contribution in [2.75, 3.05) is 18.8 Å². The topological polar surface area (TPSA) is 70.4 Å². The zero-order valence-corrected chi connectivity index (χ0v) is 12.6. The van der Waals surface area contributed by atoms with E-state index in [9.17, 15) is 4.79 Å². The summed E-state index contributed by atoms with van der Waals surface area (Å²) in [6, 6.07) is -0.324. The van der Waals surface area contributed by atoms with Gasteiger partial charge in [-0.2, -0.15) is 0 Å². The molecule has 1 spiro atoms. The lowest BCUT2D eigenvalue weighted by molar-refractivity contribution is 0.0452. The van der Waals surface area contributed by atoms with Crippen molar-refractivity contribution in [3.63, 3.8) is 0 Å². The average molecular weight is 296 g/mol. The molecule has 1 aliphatic carbocycles. The standard InChI is InChI=1S/C14H24N4OS/c15-12(19)18(13-17-9-10-20-13)11-14(7-4-8-16-11)5-2-1-3-6-14/h2,5,11,13,16-17H,1,3-4,6-10H2,(H2,15,19). The number of urea groups is 1. The Bertz CT molecular complexity index is 397. The first-order chi connectivity index (χ1) is 9.73. The molecule has 3 atom stereocenters. The number of thioether (sulfide) groups is 1. The van der Waals surface area contributed by atoms with Crippen molar-refractivity contribution in [1.82, 2.24) is 15.5 Å². The Kier molecular flexibility index (Phi) is 4.23. The number of piperidine rings is 1. The van der Waals surface area contributed by atoms with Crippen LogP contribution in [-0.4, -0.2) is 41.4 Å². The van der Waals surface area contributed by atoms with Crippen molar-refractivity contribution in [3.05, 3.63) is 12.2 Å². The Hall–Kier alpha value is -0.720. The van der Waals surface area contributed by atoms with Crippen LogP contribution in [0.5, 0.6) is 0 Å². The second-order valence-electron chi connectivity index (χ2n) is 5.91. The fourth-order valence-corrected chi connectivity index (χ4v) is 4.81. The number of nitrogens with one attached hydrogen (secondary N) is 2. The van der Waals surface area contributed by atoms with Gasteiger partial charge in [-0.25, -0.2) is 4.79 Å². The van der Waals surface area contributed by atoms with Gasteiger partial charge in [0.05, 0.1) is 6.17 Å². The molecule has 112 valence electrons. The van der Waals surface area contributed by atoms with Crippen LogP contribution in [0.2, 0.25) is 0 Å². The van der Waals surface area contributed by atoms with Gasteiger partial charge in [0, 0.05) is 17.7 Å². The number of carbonyl (C=O) groups is 1. The summed E-state index contributed by atoms with van der Waals surface area (Å²) >= 11 is 1.77. The van der Waals surface area contributed by atoms with E-state index in [2.05, 4.69) is 22.8 Å². The third-order valence-corrected chi connectivity index (χ3v) is 5.80. The Morgan fingerprint density at radius 3 is 2.80 bits per heavy atom. The van der Waals surface area contributed by atoms with E-state index in [0.29, 0.717) is 0 Å². The van der Waals surface area contributed by atoms with Crippen LogP contribution in [0.25, 0.3) is 0 Å². The van der Waals surface area contributed by atoms with Gasteiger partial charge in [0.15, 0.2) is 0 Å². The SMILES string of the molecule is NC(=O)N(C1NCCS1)C1NCCCC12C=CCCC2. The van der Waals surface area contributed by atoms with Crippen molar-refractivity contribution in [2.45, 2.75) is 43.8 Å². The molecule has 2 fully saturated rings. The molecule has 5 nitrogen and oxygen atoms in total. The van der Waals surface area contributed by atoms with Crippen molar-refractivity contribution in [2.24, 2.45) is 11.1 Å². The third kappa shape index (κ3) is 2.56. The third-order valence-electron chi connectivity index (χ3n) is 4.65. The molecule has 0 aromatic carbocycles. The monoisotopic (exact) mass is 296 g/mol. The maximum atomic E-state index is 12.0. The van der Waals surface area contributed by atoms with Crippen LogP contribution in [0.3, 0.4) is 0 Å². The van der Waals surface area contributed by atoms with Crippen LogP contribution in [0.15, 0.2) is 12.2 Å². The molecule has 2 aliphatic heterocycles. The van der Waals surface area contributed by atoms with Gasteiger partial charge in [0.25, 0.3) is 0 Å². The maximum absolute atomic E-state index is 12.0. The Morgan fingerprint density at radius 1 is 1.30 bits per heavy atom. The molecule has 2 heterocycles. The second-order valence-corrected chi connectivity index (χ2v) is 7.10. The quantitative estimate of drug-likeness (QED) is 0.674. The molecule has 3 aliphatic rings. The smallest absolute Gasteiger partial charge is 0.318 e. The number of allylic oxidation sites excluding steroid dienone is 1. The normalized spacial score (nSPS) is 37.2. The highest BCUT2D eigenvalue weighted by Gasteiger charge is 2.46. The number of amides is 2.